The Morgan fingerprint density at radius 1 is 1.28 bits per heavy atom. The number of hydrogen-bond acceptors (Lipinski definition) is 7. The summed E-state index contributed by atoms with van der Waals surface area (Å²) in [5.74, 6) is 0.404. The summed E-state index contributed by atoms with van der Waals surface area (Å²) in [6, 6.07) is 8.43. The number of benzene rings is 1. The van der Waals surface area contributed by atoms with E-state index in [4.69, 9.17) is 9.47 Å². The molecule has 0 saturated carbocycles. The number of hydrogen-bond donors (Lipinski definition) is 2. The van der Waals surface area contributed by atoms with Crippen LogP contribution in [0.15, 0.2) is 53.6 Å². The Morgan fingerprint density at radius 3 is 2.81 bits per heavy atom. The van der Waals surface area contributed by atoms with Gasteiger partial charge in [-0.25, -0.2) is 14.4 Å². The molecular formula is C23H25FN4O4. The first-order valence-electron chi connectivity index (χ1n) is 10.4. The number of rotatable bonds is 7. The number of ether oxygens (including phenoxy) is 2. The molecule has 1 fully saturated rings. The Kier molecular flexibility index (Phi) is 6.77. The molecule has 1 saturated heterocycles. The van der Waals surface area contributed by atoms with Gasteiger partial charge in [0.25, 0.3) is 5.56 Å². The van der Waals surface area contributed by atoms with Gasteiger partial charge in [0.1, 0.15) is 11.6 Å². The van der Waals surface area contributed by atoms with E-state index in [1.165, 1.54) is 42.1 Å². The van der Waals surface area contributed by atoms with Crippen molar-refractivity contribution in [3.63, 3.8) is 0 Å². The fraction of sp³-hybridized carbons (Fsp3) is 0.348. The quantitative estimate of drug-likeness (QED) is 0.583. The second-order valence-electron chi connectivity index (χ2n) is 7.54. The molecule has 2 aromatic heterocycles. The predicted octanol–water partition coefficient (Wildman–Crippen LogP) is 2.63. The number of aliphatic hydroxyl groups is 1. The lowest BCUT2D eigenvalue weighted by Crippen LogP contribution is -2.28. The first-order valence-corrected chi connectivity index (χ1v) is 10.4. The summed E-state index contributed by atoms with van der Waals surface area (Å²) >= 11 is 0. The number of aromatic nitrogens is 3. The fourth-order valence-corrected chi connectivity index (χ4v) is 3.76. The van der Waals surface area contributed by atoms with Crippen LogP contribution in [-0.2, 0) is 4.74 Å². The third-order valence-electron chi connectivity index (χ3n) is 5.52. The lowest BCUT2D eigenvalue weighted by Gasteiger charge is -2.23. The van der Waals surface area contributed by atoms with Gasteiger partial charge in [-0.1, -0.05) is 0 Å². The highest BCUT2D eigenvalue weighted by molar-refractivity contribution is 5.59. The molecular weight excluding hydrogens is 415 g/mol. The Labute approximate surface area is 184 Å². The summed E-state index contributed by atoms with van der Waals surface area (Å²) in [4.78, 5) is 21.7. The van der Waals surface area contributed by atoms with Crippen LogP contribution in [0.4, 0.5) is 10.3 Å². The van der Waals surface area contributed by atoms with E-state index in [0.29, 0.717) is 36.2 Å². The van der Waals surface area contributed by atoms with Crippen LogP contribution in [0.2, 0.25) is 0 Å². The summed E-state index contributed by atoms with van der Waals surface area (Å²) in [7, 11) is 1.47. The van der Waals surface area contributed by atoms with Crippen molar-refractivity contribution >= 4 is 5.95 Å². The molecule has 3 heterocycles. The summed E-state index contributed by atoms with van der Waals surface area (Å²) in [6.45, 7) is 0.959. The molecule has 0 amide bonds. The standard InChI is InChI=1S/C23H25FN4O4/c1-31-17-2-3-19(24)18(13-17)21(14-29)28-9-5-15(12-22(28)30)20-4-8-25-23(27-20)26-16-6-10-32-11-7-16/h2-5,8-9,12-13,16,21,29H,6-7,10-11,14H2,1H3,(H,25,26,27). The van der Waals surface area contributed by atoms with Crippen molar-refractivity contribution in [2.45, 2.75) is 24.9 Å². The van der Waals surface area contributed by atoms with Crippen molar-refractivity contribution in [2.75, 3.05) is 32.2 Å². The van der Waals surface area contributed by atoms with Crippen molar-refractivity contribution in [3.8, 4) is 17.0 Å². The first-order chi connectivity index (χ1) is 15.6. The van der Waals surface area contributed by atoms with E-state index in [1.54, 1.807) is 18.3 Å². The van der Waals surface area contributed by atoms with E-state index < -0.39 is 18.5 Å². The van der Waals surface area contributed by atoms with Gasteiger partial charge >= 0.3 is 0 Å². The molecule has 0 aliphatic carbocycles. The van der Waals surface area contributed by atoms with Crippen LogP contribution < -0.4 is 15.6 Å². The fourth-order valence-electron chi connectivity index (χ4n) is 3.76. The molecule has 0 radical (unpaired) electrons. The van der Waals surface area contributed by atoms with Gasteiger partial charge in [0.05, 0.1) is 25.5 Å². The normalized spacial score (nSPS) is 15.3. The molecule has 2 N–H and O–H groups in total. The Balaban J connectivity index is 1.61. The molecule has 1 aliphatic rings. The summed E-state index contributed by atoms with van der Waals surface area (Å²) in [5.41, 5.74) is 0.978. The highest BCUT2D eigenvalue weighted by atomic mass is 19.1. The molecule has 1 aliphatic heterocycles. The monoisotopic (exact) mass is 440 g/mol. The number of aliphatic hydroxyl groups excluding tert-OH is 1. The lowest BCUT2D eigenvalue weighted by molar-refractivity contribution is 0.0903. The van der Waals surface area contributed by atoms with E-state index in [2.05, 4.69) is 15.3 Å². The van der Waals surface area contributed by atoms with E-state index in [9.17, 15) is 14.3 Å². The smallest absolute Gasteiger partial charge is 0.251 e. The number of anilines is 1. The van der Waals surface area contributed by atoms with Gasteiger partial charge < -0.3 is 24.5 Å². The van der Waals surface area contributed by atoms with Crippen molar-refractivity contribution in [2.24, 2.45) is 0 Å². The molecule has 32 heavy (non-hydrogen) atoms. The van der Waals surface area contributed by atoms with Gasteiger partial charge in [-0.15, -0.1) is 0 Å². The summed E-state index contributed by atoms with van der Waals surface area (Å²) in [5, 5.41) is 13.2. The molecule has 3 aromatic rings. The van der Waals surface area contributed by atoms with Crippen LogP contribution in [0.3, 0.4) is 0 Å². The first kappa shape index (κ1) is 21.9. The van der Waals surface area contributed by atoms with Gasteiger partial charge in [0.15, 0.2) is 0 Å². The number of pyridine rings is 1. The topological polar surface area (TPSA) is 98.5 Å². The minimum absolute atomic E-state index is 0.173. The van der Waals surface area contributed by atoms with Crippen LogP contribution in [0.1, 0.15) is 24.4 Å². The van der Waals surface area contributed by atoms with Crippen LogP contribution >= 0.6 is 0 Å². The lowest BCUT2D eigenvalue weighted by atomic mass is 10.1. The van der Waals surface area contributed by atoms with Gasteiger partial charge in [-0.05, 0) is 43.2 Å². The molecule has 1 unspecified atom stereocenters. The molecule has 1 aromatic carbocycles. The van der Waals surface area contributed by atoms with Gasteiger partial charge in [0.2, 0.25) is 5.95 Å². The van der Waals surface area contributed by atoms with Crippen molar-refractivity contribution in [3.05, 3.63) is 70.5 Å². The Morgan fingerprint density at radius 2 is 2.09 bits per heavy atom. The molecule has 1 atom stereocenters. The number of nitrogens with one attached hydrogen (secondary N) is 1. The molecule has 0 bridgehead atoms. The third-order valence-corrected chi connectivity index (χ3v) is 5.52. The van der Waals surface area contributed by atoms with Crippen LogP contribution in [0.25, 0.3) is 11.3 Å². The number of halogens is 1. The van der Waals surface area contributed by atoms with Crippen molar-refractivity contribution < 1.29 is 19.0 Å². The SMILES string of the molecule is COc1ccc(F)c(C(CO)n2ccc(-c3ccnc(NC4CCOCC4)n3)cc2=O)c1. The average Bonchev–Trinajstić information content (AvgIpc) is 2.82. The van der Waals surface area contributed by atoms with Crippen molar-refractivity contribution in [1.29, 1.82) is 0 Å². The maximum Gasteiger partial charge on any atom is 0.251 e. The van der Waals surface area contributed by atoms with E-state index in [0.717, 1.165) is 12.8 Å². The molecule has 168 valence electrons. The number of nitrogens with zero attached hydrogens (tertiary/aromatic N) is 3. The van der Waals surface area contributed by atoms with Gasteiger partial charge in [-0.2, -0.15) is 0 Å². The molecule has 4 rings (SSSR count). The molecule has 0 spiro atoms. The third kappa shape index (κ3) is 4.79. The van der Waals surface area contributed by atoms with E-state index >= 15 is 0 Å². The van der Waals surface area contributed by atoms with Gasteiger partial charge in [-0.3, -0.25) is 4.79 Å². The largest absolute Gasteiger partial charge is 0.497 e. The molecule has 9 heteroatoms. The average molecular weight is 440 g/mol. The Hall–Kier alpha value is -3.30. The second kappa shape index (κ2) is 9.88. The van der Waals surface area contributed by atoms with Crippen LogP contribution in [-0.4, -0.2) is 52.6 Å². The maximum absolute atomic E-state index is 14.4. The Bertz CT molecular complexity index is 1130. The van der Waals surface area contributed by atoms with Crippen molar-refractivity contribution in [1.82, 2.24) is 14.5 Å². The van der Waals surface area contributed by atoms with E-state index in [1.807, 2.05) is 0 Å². The number of methoxy groups -OCH3 is 1. The minimum Gasteiger partial charge on any atom is -0.497 e. The van der Waals surface area contributed by atoms with Gasteiger partial charge in [0, 0.05) is 48.8 Å². The molecule has 8 nitrogen and oxygen atoms in total. The minimum atomic E-state index is -0.886. The van der Waals surface area contributed by atoms with Crippen LogP contribution in [0, 0.1) is 5.82 Å². The zero-order valence-electron chi connectivity index (χ0n) is 17.7. The maximum atomic E-state index is 14.4. The summed E-state index contributed by atoms with van der Waals surface area (Å²) in [6.07, 6.45) is 4.93. The highest BCUT2D eigenvalue weighted by Gasteiger charge is 2.20. The predicted molar refractivity (Wildman–Crippen MR) is 117 cm³/mol. The van der Waals surface area contributed by atoms with Crippen LogP contribution in [0.5, 0.6) is 5.75 Å². The zero-order valence-corrected chi connectivity index (χ0v) is 17.7. The van der Waals surface area contributed by atoms with E-state index in [-0.39, 0.29) is 17.2 Å². The zero-order chi connectivity index (χ0) is 22.5. The summed E-state index contributed by atoms with van der Waals surface area (Å²) < 4.78 is 26.2. The second-order valence-corrected chi connectivity index (χ2v) is 7.54. The highest BCUT2D eigenvalue weighted by Crippen LogP contribution is 2.25.